The first-order chi connectivity index (χ1) is 19.7. The van der Waals surface area contributed by atoms with Crippen LogP contribution in [0.25, 0.3) is 22.3 Å². The third-order valence-corrected chi connectivity index (χ3v) is 8.67. The van der Waals surface area contributed by atoms with Gasteiger partial charge in [0.1, 0.15) is 17.8 Å². The maximum absolute atomic E-state index is 13.5. The van der Waals surface area contributed by atoms with Crippen LogP contribution < -0.4 is 11.5 Å². The summed E-state index contributed by atoms with van der Waals surface area (Å²) in [6.45, 7) is 4.44. The average Bonchev–Trinajstić information content (AvgIpc) is 3.34. The number of nitrogens with zero attached hydrogens (tertiary/aromatic N) is 6. The number of nitrogen functional groups attached to an aromatic ring is 2. The third-order valence-electron chi connectivity index (χ3n) is 8.67. The van der Waals surface area contributed by atoms with Crippen LogP contribution in [0.15, 0.2) is 48.8 Å². The van der Waals surface area contributed by atoms with E-state index >= 15 is 0 Å². The highest BCUT2D eigenvalue weighted by Crippen LogP contribution is 2.39. The summed E-state index contributed by atoms with van der Waals surface area (Å²) in [6.07, 6.45) is 1.32. The Balaban J connectivity index is 1.27. The second kappa shape index (κ2) is 10.9. The number of rotatable bonds is 5. The van der Waals surface area contributed by atoms with E-state index in [0.717, 1.165) is 57.9 Å². The zero-order valence-electron chi connectivity index (χ0n) is 23.1. The summed E-state index contributed by atoms with van der Waals surface area (Å²) in [7, 11) is 2.18. The first-order valence-electron chi connectivity index (χ1n) is 14.1. The Labute approximate surface area is 237 Å². The van der Waals surface area contributed by atoms with Crippen LogP contribution in [-0.2, 0) is 12.6 Å². The molecule has 41 heavy (non-hydrogen) atoms. The van der Waals surface area contributed by atoms with Crippen molar-refractivity contribution < 1.29 is 13.2 Å². The SMILES string of the molecule is CN1CCN(C2CCC(n3nc(-c4ccc(Cc5ccccc5C(F)(F)F)cc4N)c4c(N)ncnc43)CC2)CC1. The Bertz CT molecular complexity index is 1530. The summed E-state index contributed by atoms with van der Waals surface area (Å²) in [5, 5.41) is 5.65. The van der Waals surface area contributed by atoms with Crippen molar-refractivity contribution in [2.24, 2.45) is 0 Å². The standard InChI is InChI=1S/C30H35F3N8/c1-39-12-14-40(15-13-39)21-7-9-22(10-8-21)41-29-26(28(35)36-18-37-29)27(38-41)23-11-6-19(17-25(23)34)16-20-4-2-3-5-24(20)30(31,32)33/h2-6,11,17-18,21-22H,7-10,12-16,34H2,1H3,(H2,35,36,37). The molecule has 216 valence electrons. The number of nitrogens with two attached hydrogens (primary N) is 2. The van der Waals surface area contributed by atoms with Gasteiger partial charge in [0.25, 0.3) is 0 Å². The molecule has 11 heteroatoms. The molecule has 1 saturated heterocycles. The van der Waals surface area contributed by atoms with Crippen LogP contribution in [0.4, 0.5) is 24.7 Å². The Morgan fingerprint density at radius 3 is 2.32 bits per heavy atom. The van der Waals surface area contributed by atoms with Gasteiger partial charge in [0, 0.05) is 43.5 Å². The number of likely N-dealkylation sites (N-methyl/N-ethyl adjacent to an activating group) is 1. The lowest BCUT2D eigenvalue weighted by Gasteiger charge is -2.41. The fourth-order valence-corrected chi connectivity index (χ4v) is 6.40. The first-order valence-corrected chi connectivity index (χ1v) is 14.1. The molecular weight excluding hydrogens is 529 g/mol. The molecule has 1 saturated carbocycles. The van der Waals surface area contributed by atoms with E-state index in [1.54, 1.807) is 18.2 Å². The van der Waals surface area contributed by atoms with Crippen LogP contribution in [0.2, 0.25) is 0 Å². The normalized spacial score (nSPS) is 21.0. The highest BCUT2D eigenvalue weighted by atomic mass is 19.4. The van der Waals surface area contributed by atoms with E-state index < -0.39 is 11.7 Å². The zero-order valence-corrected chi connectivity index (χ0v) is 23.1. The number of alkyl halides is 3. The quantitative estimate of drug-likeness (QED) is 0.329. The van der Waals surface area contributed by atoms with Crippen LogP contribution in [0.5, 0.6) is 0 Å². The number of hydrogen-bond acceptors (Lipinski definition) is 7. The monoisotopic (exact) mass is 564 g/mol. The number of aromatic nitrogens is 4. The largest absolute Gasteiger partial charge is 0.416 e. The van der Waals surface area contributed by atoms with Gasteiger partial charge in [-0.25, -0.2) is 14.6 Å². The summed E-state index contributed by atoms with van der Waals surface area (Å²) in [6, 6.07) is 11.7. The highest BCUT2D eigenvalue weighted by molar-refractivity contribution is 6.00. The average molecular weight is 565 g/mol. The van der Waals surface area contributed by atoms with Gasteiger partial charge in [0.15, 0.2) is 5.65 Å². The molecule has 0 unspecified atom stereocenters. The van der Waals surface area contributed by atoms with Crippen LogP contribution in [0.1, 0.15) is 48.4 Å². The fraction of sp³-hybridized carbons (Fsp3) is 0.433. The summed E-state index contributed by atoms with van der Waals surface area (Å²) in [5.74, 6) is 0.324. The smallest absolute Gasteiger partial charge is 0.398 e. The molecule has 8 nitrogen and oxygen atoms in total. The van der Waals surface area contributed by atoms with Crippen molar-refractivity contribution in [3.8, 4) is 11.3 Å². The molecule has 2 aromatic carbocycles. The van der Waals surface area contributed by atoms with Gasteiger partial charge in [-0.2, -0.15) is 18.3 Å². The zero-order chi connectivity index (χ0) is 28.7. The topological polar surface area (TPSA) is 102 Å². The maximum Gasteiger partial charge on any atom is 0.416 e. The van der Waals surface area contributed by atoms with Gasteiger partial charge < -0.3 is 16.4 Å². The number of hydrogen-bond donors (Lipinski definition) is 2. The fourth-order valence-electron chi connectivity index (χ4n) is 6.40. The second-order valence-corrected chi connectivity index (χ2v) is 11.3. The lowest BCUT2D eigenvalue weighted by Crippen LogP contribution is -2.49. The molecular formula is C30H35F3N8. The predicted molar refractivity (Wildman–Crippen MR) is 154 cm³/mol. The van der Waals surface area contributed by atoms with Crippen molar-refractivity contribution in [2.75, 3.05) is 44.7 Å². The van der Waals surface area contributed by atoms with E-state index in [9.17, 15) is 13.2 Å². The van der Waals surface area contributed by atoms with Crippen LogP contribution in [0.3, 0.4) is 0 Å². The number of piperazine rings is 1. The van der Waals surface area contributed by atoms with E-state index in [4.69, 9.17) is 16.6 Å². The van der Waals surface area contributed by atoms with Gasteiger partial charge >= 0.3 is 6.18 Å². The molecule has 0 amide bonds. The number of anilines is 2. The molecule has 6 rings (SSSR count). The molecule has 3 heterocycles. The van der Waals surface area contributed by atoms with Gasteiger partial charge in [-0.05, 0) is 62.4 Å². The maximum atomic E-state index is 13.5. The van der Waals surface area contributed by atoms with Crippen LogP contribution in [0, 0.1) is 0 Å². The molecule has 4 N–H and O–H groups in total. The van der Waals surface area contributed by atoms with Crippen molar-refractivity contribution in [2.45, 2.75) is 50.4 Å². The van der Waals surface area contributed by atoms with Crippen molar-refractivity contribution in [3.63, 3.8) is 0 Å². The molecule has 0 radical (unpaired) electrons. The Morgan fingerprint density at radius 2 is 1.61 bits per heavy atom. The lowest BCUT2D eigenvalue weighted by atomic mass is 9.90. The lowest BCUT2D eigenvalue weighted by molar-refractivity contribution is -0.138. The van der Waals surface area contributed by atoms with Gasteiger partial charge in [-0.15, -0.1) is 0 Å². The predicted octanol–water partition coefficient (Wildman–Crippen LogP) is 5.00. The molecule has 1 aliphatic carbocycles. The molecule has 0 spiro atoms. The summed E-state index contributed by atoms with van der Waals surface area (Å²) < 4.78 is 42.6. The summed E-state index contributed by atoms with van der Waals surface area (Å²) in [5.41, 5.74) is 15.4. The number of benzene rings is 2. The second-order valence-electron chi connectivity index (χ2n) is 11.3. The van der Waals surface area contributed by atoms with Gasteiger partial charge in [-0.3, -0.25) is 4.90 Å². The van der Waals surface area contributed by atoms with E-state index in [0.29, 0.717) is 45.4 Å². The summed E-state index contributed by atoms with van der Waals surface area (Å²) in [4.78, 5) is 13.8. The molecule has 2 aromatic heterocycles. The highest BCUT2D eigenvalue weighted by Gasteiger charge is 2.33. The molecule has 0 atom stereocenters. The molecule has 0 bridgehead atoms. The minimum atomic E-state index is -4.42. The van der Waals surface area contributed by atoms with Crippen LogP contribution >= 0.6 is 0 Å². The van der Waals surface area contributed by atoms with Gasteiger partial charge in [0.2, 0.25) is 0 Å². The molecule has 2 fully saturated rings. The van der Waals surface area contributed by atoms with Crippen molar-refractivity contribution >= 4 is 22.5 Å². The molecule has 1 aliphatic heterocycles. The number of fused-ring (bicyclic) bond motifs is 1. The van der Waals surface area contributed by atoms with Crippen molar-refractivity contribution in [3.05, 3.63) is 65.5 Å². The molecule has 2 aliphatic rings. The third kappa shape index (κ3) is 5.48. The Hall–Kier alpha value is -3.70. The number of halogens is 3. The minimum Gasteiger partial charge on any atom is -0.398 e. The van der Waals surface area contributed by atoms with Gasteiger partial charge in [0.05, 0.1) is 17.0 Å². The Kier molecular flexibility index (Phi) is 7.33. The van der Waals surface area contributed by atoms with E-state index in [1.807, 2.05) is 10.7 Å². The van der Waals surface area contributed by atoms with Crippen molar-refractivity contribution in [1.29, 1.82) is 0 Å². The van der Waals surface area contributed by atoms with Gasteiger partial charge in [-0.1, -0.05) is 30.3 Å². The van der Waals surface area contributed by atoms with E-state index in [-0.39, 0.29) is 18.0 Å². The first kappa shape index (κ1) is 27.5. The summed E-state index contributed by atoms with van der Waals surface area (Å²) >= 11 is 0. The van der Waals surface area contributed by atoms with E-state index in [1.165, 1.54) is 18.5 Å². The van der Waals surface area contributed by atoms with Crippen LogP contribution in [-0.4, -0.2) is 68.8 Å². The Morgan fingerprint density at radius 1 is 0.902 bits per heavy atom. The molecule has 4 aromatic rings. The van der Waals surface area contributed by atoms with Crippen molar-refractivity contribution in [1.82, 2.24) is 29.5 Å². The van der Waals surface area contributed by atoms with E-state index in [2.05, 4.69) is 26.8 Å². The minimum absolute atomic E-state index is 0.108.